The third-order valence-electron chi connectivity index (χ3n) is 7.71. The summed E-state index contributed by atoms with van der Waals surface area (Å²) < 4.78 is 5.99. The first-order valence-corrected chi connectivity index (χ1v) is 13.1. The molecule has 2 aromatic rings. The molecular formula is C31H34ClNO3. The topological polar surface area (TPSA) is 46.6 Å². The van der Waals surface area contributed by atoms with Crippen molar-refractivity contribution in [2.75, 3.05) is 7.05 Å². The van der Waals surface area contributed by atoms with Crippen LogP contribution in [-0.2, 0) is 16.2 Å². The van der Waals surface area contributed by atoms with Crippen molar-refractivity contribution in [1.82, 2.24) is 4.90 Å². The average Bonchev–Trinajstić information content (AvgIpc) is 2.79. The highest BCUT2D eigenvalue weighted by atomic mass is 35.5. The van der Waals surface area contributed by atoms with Crippen molar-refractivity contribution in [3.05, 3.63) is 87.2 Å². The number of nitrogens with zero attached hydrogens (tertiary/aromatic N) is 1. The molecule has 0 amide bonds. The van der Waals surface area contributed by atoms with E-state index < -0.39 is 0 Å². The molecule has 2 aliphatic carbocycles. The van der Waals surface area contributed by atoms with Crippen molar-refractivity contribution >= 4 is 23.2 Å². The monoisotopic (exact) mass is 503 g/mol. The summed E-state index contributed by atoms with van der Waals surface area (Å²) >= 11 is 5.98. The summed E-state index contributed by atoms with van der Waals surface area (Å²) in [7, 11) is 2.04. The van der Waals surface area contributed by atoms with Crippen LogP contribution in [0.25, 0.3) is 0 Å². The standard InChI is InChI=1S/C31H34ClNO3/c1-30(2)14-23-28(25(34)16-30)27(29-24(33(23)5)15-31(3,4)17-26(29)35)20-8-12-22(13-9-20)36-18-19-6-10-21(32)11-7-19/h6-13,27H,14-18H2,1-5H3. The molecule has 0 saturated carbocycles. The van der Waals surface area contributed by atoms with Crippen LogP contribution >= 0.6 is 11.6 Å². The minimum atomic E-state index is -0.316. The lowest BCUT2D eigenvalue weighted by molar-refractivity contribution is -0.119. The van der Waals surface area contributed by atoms with Crippen molar-refractivity contribution in [3.8, 4) is 5.75 Å². The fraction of sp³-hybridized carbons (Fsp3) is 0.419. The maximum absolute atomic E-state index is 13.6. The Balaban J connectivity index is 1.52. The molecule has 2 aromatic carbocycles. The molecule has 0 aromatic heterocycles. The molecular weight excluding hydrogens is 470 g/mol. The van der Waals surface area contributed by atoms with Gasteiger partial charge in [-0.3, -0.25) is 9.59 Å². The number of rotatable bonds is 4. The number of halogens is 1. The number of allylic oxidation sites excluding steroid dienone is 4. The SMILES string of the molecule is CN1C2=C(C(=O)CC(C)(C)C2)C(c2ccc(OCc3ccc(Cl)cc3)cc2)C2=C1CC(C)(C)CC2=O. The first-order chi connectivity index (χ1) is 16.9. The minimum absolute atomic E-state index is 0.0969. The molecule has 0 spiro atoms. The van der Waals surface area contributed by atoms with Gasteiger partial charge in [0.1, 0.15) is 12.4 Å². The highest BCUT2D eigenvalue weighted by Gasteiger charge is 2.48. The van der Waals surface area contributed by atoms with Gasteiger partial charge < -0.3 is 9.64 Å². The van der Waals surface area contributed by atoms with E-state index in [1.165, 1.54) is 0 Å². The quantitative estimate of drug-likeness (QED) is 0.441. The molecule has 0 unspecified atom stereocenters. The zero-order valence-corrected chi connectivity index (χ0v) is 22.5. The normalized spacial score (nSPS) is 21.4. The Bertz CT molecular complexity index is 1230. The average molecular weight is 504 g/mol. The van der Waals surface area contributed by atoms with E-state index in [1.807, 2.05) is 55.6 Å². The first-order valence-electron chi connectivity index (χ1n) is 12.7. The van der Waals surface area contributed by atoms with E-state index >= 15 is 0 Å². The molecule has 0 radical (unpaired) electrons. The molecule has 5 heteroatoms. The van der Waals surface area contributed by atoms with Crippen LogP contribution in [0.15, 0.2) is 71.1 Å². The lowest BCUT2D eigenvalue weighted by Gasteiger charge is -2.47. The molecule has 4 nitrogen and oxygen atoms in total. The van der Waals surface area contributed by atoms with Crippen LogP contribution in [0.2, 0.25) is 5.02 Å². The van der Waals surface area contributed by atoms with Crippen LogP contribution in [0.4, 0.5) is 0 Å². The Morgan fingerprint density at radius 3 is 1.81 bits per heavy atom. The number of benzene rings is 2. The van der Waals surface area contributed by atoms with Gasteiger partial charge in [0.25, 0.3) is 0 Å². The van der Waals surface area contributed by atoms with E-state index in [0.717, 1.165) is 52.3 Å². The number of Topliss-reactive ketones (excluding diaryl/α,β-unsaturated/α-hetero) is 2. The molecule has 0 bridgehead atoms. The molecule has 1 aliphatic heterocycles. The summed E-state index contributed by atoms with van der Waals surface area (Å²) in [5.74, 6) is 0.747. The summed E-state index contributed by atoms with van der Waals surface area (Å²) in [5.41, 5.74) is 5.58. The number of hydrogen-bond acceptors (Lipinski definition) is 4. The van der Waals surface area contributed by atoms with Gasteiger partial charge in [0.2, 0.25) is 0 Å². The Hall–Kier alpha value is -2.85. The summed E-state index contributed by atoms with van der Waals surface area (Å²) in [6, 6.07) is 15.5. The van der Waals surface area contributed by atoms with Gasteiger partial charge in [-0.15, -0.1) is 0 Å². The fourth-order valence-electron chi connectivity index (χ4n) is 6.00. The van der Waals surface area contributed by atoms with Gasteiger partial charge >= 0.3 is 0 Å². The highest BCUT2D eigenvalue weighted by Crippen LogP contribution is 2.53. The summed E-state index contributed by atoms with van der Waals surface area (Å²) in [5, 5.41) is 0.699. The third kappa shape index (κ3) is 4.64. The predicted octanol–water partition coefficient (Wildman–Crippen LogP) is 7.23. The zero-order valence-electron chi connectivity index (χ0n) is 21.8. The third-order valence-corrected chi connectivity index (χ3v) is 7.96. The van der Waals surface area contributed by atoms with Crippen molar-refractivity contribution in [2.45, 2.75) is 65.9 Å². The lowest BCUT2D eigenvalue weighted by Crippen LogP contribution is -2.43. The van der Waals surface area contributed by atoms with E-state index in [4.69, 9.17) is 16.3 Å². The van der Waals surface area contributed by atoms with Crippen LogP contribution < -0.4 is 4.74 Å². The van der Waals surface area contributed by atoms with Crippen LogP contribution in [0, 0.1) is 10.8 Å². The second-order valence-electron chi connectivity index (χ2n) is 12.1. The number of hydrogen-bond donors (Lipinski definition) is 0. The summed E-state index contributed by atoms with van der Waals surface area (Å²) in [6.45, 7) is 9.07. The Kier molecular flexibility index (Phi) is 6.15. The lowest BCUT2D eigenvalue weighted by atomic mass is 9.64. The van der Waals surface area contributed by atoms with Gasteiger partial charge in [-0.2, -0.15) is 0 Å². The van der Waals surface area contributed by atoms with Crippen molar-refractivity contribution in [3.63, 3.8) is 0 Å². The Morgan fingerprint density at radius 2 is 1.31 bits per heavy atom. The molecule has 1 heterocycles. The first kappa shape index (κ1) is 24.8. The smallest absolute Gasteiger partial charge is 0.162 e. The van der Waals surface area contributed by atoms with Crippen LogP contribution in [-0.4, -0.2) is 23.5 Å². The maximum Gasteiger partial charge on any atom is 0.162 e. The van der Waals surface area contributed by atoms with Gasteiger partial charge in [0.15, 0.2) is 11.6 Å². The van der Waals surface area contributed by atoms with Gasteiger partial charge in [-0.1, -0.05) is 63.6 Å². The number of ether oxygens (including phenoxy) is 1. The maximum atomic E-state index is 13.6. The molecule has 0 fully saturated rings. The van der Waals surface area contributed by atoms with Gasteiger partial charge in [0.05, 0.1) is 0 Å². The van der Waals surface area contributed by atoms with Crippen molar-refractivity contribution < 1.29 is 14.3 Å². The number of ketones is 2. The van der Waals surface area contributed by atoms with Crippen LogP contribution in [0.3, 0.4) is 0 Å². The summed E-state index contributed by atoms with van der Waals surface area (Å²) in [6.07, 6.45) is 2.66. The fourth-order valence-corrected chi connectivity index (χ4v) is 6.13. The van der Waals surface area contributed by atoms with Gasteiger partial charge in [-0.05, 0) is 59.1 Å². The summed E-state index contributed by atoms with van der Waals surface area (Å²) in [4.78, 5) is 29.3. The van der Waals surface area contributed by atoms with E-state index in [0.29, 0.717) is 24.5 Å². The van der Waals surface area contributed by atoms with E-state index in [9.17, 15) is 9.59 Å². The largest absolute Gasteiger partial charge is 0.489 e. The van der Waals surface area contributed by atoms with E-state index in [1.54, 1.807) is 0 Å². The highest BCUT2D eigenvalue weighted by molar-refractivity contribution is 6.30. The zero-order chi connectivity index (χ0) is 25.8. The second-order valence-corrected chi connectivity index (χ2v) is 12.5. The van der Waals surface area contributed by atoms with Crippen molar-refractivity contribution in [1.29, 1.82) is 0 Å². The molecule has 3 aliphatic rings. The minimum Gasteiger partial charge on any atom is -0.489 e. The Labute approximate surface area is 219 Å². The molecule has 188 valence electrons. The van der Waals surface area contributed by atoms with E-state index in [-0.39, 0.29) is 28.3 Å². The molecule has 0 saturated heterocycles. The molecule has 0 N–H and O–H groups in total. The van der Waals surface area contributed by atoms with Gasteiger partial charge in [0, 0.05) is 53.4 Å². The van der Waals surface area contributed by atoms with Crippen molar-refractivity contribution in [2.24, 2.45) is 10.8 Å². The number of carbonyl (C=O) groups excluding carboxylic acids is 2. The molecule has 0 atom stereocenters. The van der Waals surface area contributed by atoms with Crippen LogP contribution in [0.5, 0.6) is 5.75 Å². The van der Waals surface area contributed by atoms with E-state index in [2.05, 4.69) is 32.6 Å². The second kappa shape index (κ2) is 8.92. The molecule has 36 heavy (non-hydrogen) atoms. The number of carbonyl (C=O) groups is 2. The van der Waals surface area contributed by atoms with Crippen LogP contribution in [0.1, 0.15) is 70.4 Å². The van der Waals surface area contributed by atoms with Gasteiger partial charge in [-0.25, -0.2) is 0 Å². The predicted molar refractivity (Wildman–Crippen MR) is 143 cm³/mol. The molecule has 5 rings (SSSR count). The Morgan fingerprint density at radius 1 is 0.806 bits per heavy atom.